The van der Waals surface area contributed by atoms with Crippen LogP contribution in [0.1, 0.15) is 32.5 Å². The molecular weight excluding hydrogens is 394 g/mol. The van der Waals surface area contributed by atoms with Gasteiger partial charge >= 0.3 is 12.0 Å². The van der Waals surface area contributed by atoms with Gasteiger partial charge in [-0.3, -0.25) is 0 Å². The van der Waals surface area contributed by atoms with Crippen molar-refractivity contribution >= 4 is 28.5 Å². The van der Waals surface area contributed by atoms with Gasteiger partial charge in [0.25, 0.3) is 0 Å². The predicted octanol–water partition coefficient (Wildman–Crippen LogP) is 1.99. The van der Waals surface area contributed by atoms with E-state index >= 15 is 0 Å². The number of carbonyl (C=O) groups excluding carboxylic acids is 1. The monoisotopic (exact) mass is 411 g/mol. The molecule has 0 amide bonds. The van der Waals surface area contributed by atoms with Crippen LogP contribution in [0.2, 0.25) is 0 Å². The van der Waals surface area contributed by atoms with E-state index in [0.717, 1.165) is 28.1 Å². The number of cyclic esters (lactones) is 1. The Balaban J connectivity index is 1.40. The van der Waals surface area contributed by atoms with Crippen molar-refractivity contribution in [2.75, 3.05) is 30.5 Å². The molecule has 29 heavy (non-hydrogen) atoms. The fourth-order valence-electron chi connectivity index (χ4n) is 4.40. The van der Waals surface area contributed by atoms with Crippen LogP contribution in [0.4, 0.5) is 11.1 Å². The highest BCUT2D eigenvalue weighted by Gasteiger charge is 2.43. The summed E-state index contributed by atoms with van der Waals surface area (Å²) in [6, 6.07) is 5.97. The highest BCUT2D eigenvalue weighted by Crippen LogP contribution is 2.43. The van der Waals surface area contributed by atoms with Crippen LogP contribution < -0.4 is 10.6 Å². The molecule has 0 saturated carbocycles. The number of ether oxygens (including phenoxy) is 2. The first-order valence-electron chi connectivity index (χ1n) is 9.43. The molecule has 2 unspecified atom stereocenters. The summed E-state index contributed by atoms with van der Waals surface area (Å²) in [6.07, 6.45) is 1.36. The van der Waals surface area contributed by atoms with E-state index in [1.807, 2.05) is 12.1 Å². The van der Waals surface area contributed by atoms with Crippen LogP contribution in [-0.2, 0) is 22.3 Å². The summed E-state index contributed by atoms with van der Waals surface area (Å²) in [5.74, 6) is 0.162. The Morgan fingerprint density at radius 1 is 1.21 bits per heavy atom. The number of nitrogen functional groups attached to an aromatic ring is 1. The lowest BCUT2D eigenvalue weighted by atomic mass is 9.96. The van der Waals surface area contributed by atoms with Gasteiger partial charge in [0.2, 0.25) is 5.82 Å². The number of morpholine rings is 1. The quantitative estimate of drug-likeness (QED) is 0.632. The molecule has 0 radical (unpaired) electrons. The zero-order valence-corrected chi connectivity index (χ0v) is 16.1. The molecule has 10 heteroatoms. The van der Waals surface area contributed by atoms with E-state index in [4.69, 9.17) is 24.7 Å². The molecule has 0 spiro atoms. The maximum absolute atomic E-state index is 12.0. The topological polar surface area (TPSA) is 117 Å². The summed E-state index contributed by atoms with van der Waals surface area (Å²) >= 11 is 1.48. The molecule has 148 valence electrons. The van der Waals surface area contributed by atoms with Gasteiger partial charge in [0.1, 0.15) is 0 Å². The van der Waals surface area contributed by atoms with Gasteiger partial charge in [-0.05, 0) is 11.6 Å². The molecule has 3 aliphatic rings. The molecule has 2 N–H and O–H groups in total. The lowest BCUT2D eigenvalue weighted by Crippen LogP contribution is -2.51. The van der Waals surface area contributed by atoms with E-state index in [2.05, 4.69) is 15.0 Å². The number of hydrogen-bond acceptors (Lipinski definition) is 10. The maximum Gasteiger partial charge on any atom is 0.338 e. The number of esters is 1. The second-order valence-corrected chi connectivity index (χ2v) is 8.36. The molecule has 2 atom stereocenters. The van der Waals surface area contributed by atoms with Gasteiger partial charge in [0.15, 0.2) is 5.13 Å². The van der Waals surface area contributed by atoms with Crippen LogP contribution in [0.5, 0.6) is 0 Å². The summed E-state index contributed by atoms with van der Waals surface area (Å²) in [7, 11) is 0. The van der Waals surface area contributed by atoms with E-state index in [1.165, 1.54) is 11.3 Å². The fraction of sp³-hybridized carbons (Fsp3) is 0.368. The molecule has 3 aliphatic heterocycles. The number of nitrogens with two attached hydrogens (primary N) is 1. The van der Waals surface area contributed by atoms with Crippen LogP contribution >= 0.6 is 11.3 Å². The van der Waals surface area contributed by atoms with Gasteiger partial charge in [0.05, 0.1) is 48.0 Å². The van der Waals surface area contributed by atoms with Crippen molar-refractivity contribution in [3.63, 3.8) is 0 Å². The minimum Gasteiger partial charge on any atom is -0.462 e. The van der Waals surface area contributed by atoms with Gasteiger partial charge < -0.3 is 24.6 Å². The predicted molar refractivity (Wildman–Crippen MR) is 104 cm³/mol. The number of thiazole rings is 1. The number of aromatic nitrogens is 3. The van der Waals surface area contributed by atoms with Gasteiger partial charge in [0, 0.05) is 18.4 Å². The Hall–Kier alpha value is -2.98. The first-order chi connectivity index (χ1) is 14.2. The summed E-state index contributed by atoms with van der Waals surface area (Å²) in [6.45, 7) is 1.45. The Morgan fingerprint density at radius 3 is 3.03 bits per heavy atom. The lowest BCUT2D eigenvalue weighted by molar-refractivity contribution is 0.0480. The first kappa shape index (κ1) is 16.9. The molecule has 1 saturated heterocycles. The Bertz CT molecular complexity index is 1130. The SMILES string of the molecule is Nc1nc2c(s1)C1COCC(C2)N1c1nc(-c2cccc3c2CCOC3=O)no1. The molecule has 3 aromatic rings. The minimum atomic E-state index is -0.310. The highest BCUT2D eigenvalue weighted by molar-refractivity contribution is 7.15. The largest absolute Gasteiger partial charge is 0.462 e. The normalized spacial score (nSPS) is 22.8. The van der Waals surface area contributed by atoms with Crippen molar-refractivity contribution < 1.29 is 18.8 Å². The lowest BCUT2D eigenvalue weighted by Gasteiger charge is -2.43. The van der Waals surface area contributed by atoms with Gasteiger partial charge in [-0.25, -0.2) is 9.78 Å². The second kappa shape index (κ2) is 6.26. The molecule has 2 bridgehead atoms. The van der Waals surface area contributed by atoms with Crippen LogP contribution in [0, 0.1) is 0 Å². The first-order valence-corrected chi connectivity index (χ1v) is 10.2. The van der Waals surface area contributed by atoms with Gasteiger partial charge in [-0.2, -0.15) is 4.98 Å². The van der Waals surface area contributed by atoms with Crippen molar-refractivity contribution in [1.82, 2.24) is 15.1 Å². The van der Waals surface area contributed by atoms with Gasteiger partial charge in [-0.1, -0.05) is 28.6 Å². The number of hydrogen-bond donors (Lipinski definition) is 1. The molecule has 1 aromatic carbocycles. The Labute approximate surface area is 169 Å². The summed E-state index contributed by atoms with van der Waals surface area (Å²) < 4.78 is 16.6. The third kappa shape index (κ3) is 2.56. The van der Waals surface area contributed by atoms with E-state index in [0.29, 0.717) is 48.8 Å². The molecular formula is C19H17N5O4S. The molecule has 9 nitrogen and oxygen atoms in total. The van der Waals surface area contributed by atoms with E-state index in [1.54, 1.807) is 6.07 Å². The zero-order valence-electron chi connectivity index (χ0n) is 15.3. The number of fused-ring (bicyclic) bond motifs is 5. The highest BCUT2D eigenvalue weighted by atomic mass is 32.1. The number of anilines is 2. The van der Waals surface area contributed by atoms with Crippen LogP contribution in [0.25, 0.3) is 11.4 Å². The maximum atomic E-state index is 12.0. The Kier molecular flexibility index (Phi) is 3.65. The molecule has 2 aromatic heterocycles. The van der Waals surface area contributed by atoms with Crippen LogP contribution in [0.15, 0.2) is 22.7 Å². The molecule has 6 rings (SSSR count). The smallest absolute Gasteiger partial charge is 0.338 e. The number of benzene rings is 1. The third-order valence-corrected chi connectivity index (χ3v) is 6.68. The van der Waals surface area contributed by atoms with E-state index in [-0.39, 0.29) is 18.1 Å². The average Bonchev–Trinajstić information content (AvgIpc) is 3.34. The van der Waals surface area contributed by atoms with E-state index < -0.39 is 0 Å². The number of nitrogens with zero attached hydrogens (tertiary/aromatic N) is 4. The average molecular weight is 411 g/mol. The number of carbonyl (C=O) groups is 1. The summed E-state index contributed by atoms with van der Waals surface area (Å²) in [4.78, 5) is 24.4. The second-order valence-electron chi connectivity index (χ2n) is 7.30. The van der Waals surface area contributed by atoms with E-state index in [9.17, 15) is 4.79 Å². The van der Waals surface area contributed by atoms with Crippen molar-refractivity contribution in [1.29, 1.82) is 0 Å². The van der Waals surface area contributed by atoms with Crippen molar-refractivity contribution in [2.24, 2.45) is 0 Å². The molecule has 0 aliphatic carbocycles. The Morgan fingerprint density at radius 2 is 2.10 bits per heavy atom. The van der Waals surface area contributed by atoms with Crippen molar-refractivity contribution in [3.8, 4) is 11.4 Å². The summed E-state index contributed by atoms with van der Waals surface area (Å²) in [5, 5.41) is 4.79. The van der Waals surface area contributed by atoms with Gasteiger partial charge in [-0.15, -0.1) is 0 Å². The van der Waals surface area contributed by atoms with Crippen molar-refractivity contribution in [2.45, 2.75) is 24.9 Å². The zero-order chi connectivity index (χ0) is 19.5. The minimum absolute atomic E-state index is 0.0414. The van der Waals surface area contributed by atoms with Crippen LogP contribution in [-0.4, -0.2) is 47.0 Å². The molecule has 1 fully saturated rings. The summed E-state index contributed by atoms with van der Waals surface area (Å²) in [5.41, 5.74) is 9.24. The fourth-order valence-corrected chi connectivity index (χ4v) is 5.35. The van der Waals surface area contributed by atoms with Crippen molar-refractivity contribution in [3.05, 3.63) is 39.9 Å². The standard InChI is InChI=1S/C19H17N5O4S/c20-18-21-13-6-9-7-26-8-14(15(13)29-18)24(9)19-22-16(23-28-19)11-2-1-3-12-10(11)4-5-27-17(12)25/h1-3,9,14H,4-8H2,(H2,20,21). The van der Waals surface area contributed by atoms with Crippen LogP contribution in [0.3, 0.4) is 0 Å². The number of rotatable bonds is 2. The molecule has 5 heterocycles. The third-order valence-electron chi connectivity index (χ3n) is 5.65.